The van der Waals surface area contributed by atoms with E-state index >= 15 is 0 Å². The molecule has 0 radical (unpaired) electrons. The van der Waals surface area contributed by atoms with Gasteiger partial charge in [0, 0.05) is 13.1 Å². The Morgan fingerprint density at radius 3 is 2.80 bits per heavy atom. The van der Waals surface area contributed by atoms with Crippen molar-refractivity contribution in [2.24, 2.45) is 5.41 Å². The molecule has 0 saturated heterocycles. The summed E-state index contributed by atoms with van der Waals surface area (Å²) in [6.07, 6.45) is 4.65. The molecule has 1 unspecified atom stereocenters. The van der Waals surface area contributed by atoms with E-state index in [1.165, 1.54) is 25.7 Å². The lowest BCUT2D eigenvalue weighted by atomic mass is 10.0. The maximum atomic E-state index is 9.92. The van der Waals surface area contributed by atoms with Gasteiger partial charge in [0.05, 0.1) is 5.02 Å². The summed E-state index contributed by atoms with van der Waals surface area (Å²) in [6, 6.07) is 7.31. The third kappa shape index (κ3) is 4.65. The molecule has 1 atom stereocenters. The smallest absolute Gasteiger partial charge is 0.138 e. The minimum atomic E-state index is -0.510. The number of hydrogen-bond acceptors (Lipinski definition) is 3. The summed E-state index contributed by atoms with van der Waals surface area (Å²) in [5.41, 5.74) is 0.512. The van der Waals surface area contributed by atoms with Crippen molar-refractivity contribution in [1.82, 2.24) is 5.32 Å². The molecule has 0 aromatic heterocycles. The number of aliphatic hydroxyl groups is 1. The number of para-hydroxylation sites is 1. The van der Waals surface area contributed by atoms with E-state index in [4.69, 9.17) is 16.3 Å². The predicted molar refractivity (Wildman–Crippen MR) is 82.4 cm³/mol. The standard InChI is InChI=1S/C16H24ClNO2/c1-2-7-16(8-9-16)12-18-10-13(19)11-20-15-6-4-3-5-14(15)17/h3-6,13,18-19H,2,7-12H2,1H3. The van der Waals surface area contributed by atoms with Crippen molar-refractivity contribution in [3.05, 3.63) is 29.3 Å². The molecule has 1 aliphatic rings. The number of benzene rings is 1. The first-order valence-corrected chi connectivity index (χ1v) is 7.79. The Kier molecular flexibility index (Phi) is 5.70. The maximum Gasteiger partial charge on any atom is 0.138 e. The normalized spacial score (nSPS) is 17.8. The van der Waals surface area contributed by atoms with Crippen LogP contribution in [0.2, 0.25) is 5.02 Å². The third-order valence-electron chi connectivity index (χ3n) is 3.89. The molecule has 0 bridgehead atoms. The van der Waals surface area contributed by atoms with E-state index in [1.54, 1.807) is 6.07 Å². The number of aliphatic hydroxyl groups excluding tert-OH is 1. The van der Waals surface area contributed by atoms with Crippen LogP contribution >= 0.6 is 11.6 Å². The van der Waals surface area contributed by atoms with Gasteiger partial charge in [0.15, 0.2) is 0 Å². The number of hydrogen-bond donors (Lipinski definition) is 2. The first-order chi connectivity index (χ1) is 9.65. The summed E-state index contributed by atoms with van der Waals surface area (Å²) in [6.45, 7) is 4.06. The van der Waals surface area contributed by atoms with Crippen LogP contribution in [0.25, 0.3) is 0 Å². The Bertz CT molecular complexity index is 421. The van der Waals surface area contributed by atoms with Crippen molar-refractivity contribution in [3.8, 4) is 5.75 Å². The van der Waals surface area contributed by atoms with Crippen molar-refractivity contribution in [1.29, 1.82) is 0 Å². The van der Waals surface area contributed by atoms with Gasteiger partial charge in [0.2, 0.25) is 0 Å². The molecule has 2 N–H and O–H groups in total. The number of halogens is 1. The molecule has 0 heterocycles. The van der Waals surface area contributed by atoms with E-state index in [2.05, 4.69) is 12.2 Å². The fraction of sp³-hybridized carbons (Fsp3) is 0.625. The van der Waals surface area contributed by atoms with Crippen molar-refractivity contribution >= 4 is 11.6 Å². The van der Waals surface area contributed by atoms with Gasteiger partial charge in [0.1, 0.15) is 18.5 Å². The lowest BCUT2D eigenvalue weighted by molar-refractivity contribution is 0.105. The van der Waals surface area contributed by atoms with Crippen LogP contribution < -0.4 is 10.1 Å². The van der Waals surface area contributed by atoms with Gasteiger partial charge >= 0.3 is 0 Å². The van der Waals surface area contributed by atoms with Crippen LogP contribution in [0.3, 0.4) is 0 Å². The summed E-state index contributed by atoms with van der Waals surface area (Å²) < 4.78 is 5.52. The molecule has 1 aliphatic carbocycles. The van der Waals surface area contributed by atoms with Gasteiger partial charge in [-0.3, -0.25) is 0 Å². The zero-order valence-corrected chi connectivity index (χ0v) is 12.8. The average molecular weight is 298 g/mol. The summed E-state index contributed by atoms with van der Waals surface area (Å²) in [5.74, 6) is 0.623. The maximum absolute atomic E-state index is 9.92. The molecule has 1 aromatic carbocycles. The van der Waals surface area contributed by atoms with Crippen LogP contribution in [-0.4, -0.2) is 30.9 Å². The van der Waals surface area contributed by atoms with Gasteiger partial charge < -0.3 is 15.2 Å². The Hall–Kier alpha value is -0.770. The van der Waals surface area contributed by atoms with E-state index in [-0.39, 0.29) is 6.61 Å². The highest BCUT2D eigenvalue weighted by Crippen LogP contribution is 2.48. The first-order valence-electron chi connectivity index (χ1n) is 7.41. The van der Waals surface area contributed by atoms with Crippen LogP contribution in [0.5, 0.6) is 5.75 Å². The fourth-order valence-corrected chi connectivity index (χ4v) is 2.72. The van der Waals surface area contributed by atoms with Gasteiger partial charge in [-0.1, -0.05) is 37.1 Å². The lowest BCUT2D eigenvalue weighted by Crippen LogP contribution is -2.34. The summed E-state index contributed by atoms with van der Waals surface area (Å²) >= 11 is 5.99. The van der Waals surface area contributed by atoms with Gasteiger partial charge in [-0.25, -0.2) is 0 Å². The zero-order chi connectivity index (χ0) is 14.4. The van der Waals surface area contributed by atoms with E-state index in [0.717, 1.165) is 6.54 Å². The molecular formula is C16H24ClNO2. The van der Waals surface area contributed by atoms with Crippen molar-refractivity contribution in [2.75, 3.05) is 19.7 Å². The second-order valence-electron chi connectivity index (χ2n) is 5.78. The molecule has 2 rings (SSSR count). The highest BCUT2D eigenvalue weighted by Gasteiger charge is 2.40. The van der Waals surface area contributed by atoms with Gasteiger partial charge in [0.25, 0.3) is 0 Å². The minimum absolute atomic E-state index is 0.261. The molecular weight excluding hydrogens is 274 g/mol. The SMILES string of the molecule is CCCC1(CNCC(O)COc2ccccc2Cl)CC1. The topological polar surface area (TPSA) is 41.5 Å². The molecule has 0 aliphatic heterocycles. The molecule has 0 spiro atoms. The minimum Gasteiger partial charge on any atom is -0.489 e. The molecule has 112 valence electrons. The van der Waals surface area contributed by atoms with Crippen molar-refractivity contribution in [2.45, 2.75) is 38.7 Å². The predicted octanol–water partition coefficient (Wildman–Crippen LogP) is 3.25. The van der Waals surface area contributed by atoms with Crippen LogP contribution in [0.4, 0.5) is 0 Å². The number of rotatable bonds is 9. The zero-order valence-electron chi connectivity index (χ0n) is 12.1. The van der Waals surface area contributed by atoms with Gasteiger partial charge in [-0.05, 0) is 36.8 Å². The molecule has 3 nitrogen and oxygen atoms in total. The Labute approximate surface area is 126 Å². The first kappa shape index (κ1) is 15.6. The molecule has 4 heteroatoms. The summed E-state index contributed by atoms with van der Waals surface area (Å²) in [7, 11) is 0. The van der Waals surface area contributed by atoms with Crippen LogP contribution in [-0.2, 0) is 0 Å². The molecule has 1 aromatic rings. The Balaban J connectivity index is 1.63. The summed E-state index contributed by atoms with van der Waals surface area (Å²) in [4.78, 5) is 0. The second-order valence-corrected chi connectivity index (χ2v) is 6.18. The van der Waals surface area contributed by atoms with Crippen LogP contribution in [0.1, 0.15) is 32.6 Å². The van der Waals surface area contributed by atoms with E-state index in [0.29, 0.717) is 22.7 Å². The monoisotopic (exact) mass is 297 g/mol. The second kappa shape index (κ2) is 7.30. The van der Waals surface area contributed by atoms with E-state index in [1.807, 2.05) is 18.2 Å². The molecule has 20 heavy (non-hydrogen) atoms. The summed E-state index contributed by atoms with van der Waals surface area (Å²) in [5, 5.41) is 13.9. The number of ether oxygens (including phenoxy) is 1. The van der Waals surface area contributed by atoms with Gasteiger partial charge in [-0.2, -0.15) is 0 Å². The van der Waals surface area contributed by atoms with Gasteiger partial charge in [-0.15, -0.1) is 0 Å². The Morgan fingerprint density at radius 1 is 1.40 bits per heavy atom. The van der Waals surface area contributed by atoms with Crippen molar-refractivity contribution < 1.29 is 9.84 Å². The molecule has 0 amide bonds. The lowest BCUT2D eigenvalue weighted by Gasteiger charge is -2.18. The third-order valence-corrected chi connectivity index (χ3v) is 4.20. The molecule has 1 fully saturated rings. The molecule has 1 saturated carbocycles. The average Bonchev–Trinajstić information content (AvgIpc) is 3.18. The van der Waals surface area contributed by atoms with Crippen LogP contribution in [0, 0.1) is 5.41 Å². The van der Waals surface area contributed by atoms with E-state index in [9.17, 15) is 5.11 Å². The highest BCUT2D eigenvalue weighted by atomic mass is 35.5. The highest BCUT2D eigenvalue weighted by molar-refractivity contribution is 6.32. The quantitative estimate of drug-likeness (QED) is 0.735. The van der Waals surface area contributed by atoms with Crippen molar-refractivity contribution in [3.63, 3.8) is 0 Å². The van der Waals surface area contributed by atoms with Crippen LogP contribution in [0.15, 0.2) is 24.3 Å². The number of nitrogens with one attached hydrogen (secondary N) is 1. The largest absolute Gasteiger partial charge is 0.489 e. The Morgan fingerprint density at radius 2 is 2.15 bits per heavy atom. The van der Waals surface area contributed by atoms with E-state index < -0.39 is 6.10 Å². The fourth-order valence-electron chi connectivity index (χ4n) is 2.53.